The molecule has 1 saturated carbocycles. The zero-order chi connectivity index (χ0) is 14.1. The van der Waals surface area contributed by atoms with Crippen LogP contribution in [0.3, 0.4) is 0 Å². The number of nitrogens with zero attached hydrogens (tertiary/aromatic N) is 1. The molecule has 0 saturated heterocycles. The van der Waals surface area contributed by atoms with Gasteiger partial charge < -0.3 is 10.1 Å². The Bertz CT molecular complexity index is 629. The van der Waals surface area contributed by atoms with E-state index in [1.54, 1.807) is 0 Å². The maximum absolute atomic E-state index is 10.0. The van der Waals surface area contributed by atoms with Crippen LogP contribution in [-0.4, -0.2) is 22.3 Å². The van der Waals surface area contributed by atoms with Crippen LogP contribution in [0.1, 0.15) is 38.7 Å². The standard InChI is InChI=1S/C17H22N2O/c1-11-6-5-9-15(12(11)2)18-10-14-13-7-3-4-8-16(13)19-17(14)20/h3-4,7-8,10-12,15,19-20H,5-6,9H2,1-2H3/t11-,12+,15-/m1/s1. The largest absolute Gasteiger partial charge is 0.494 e. The van der Waals surface area contributed by atoms with Crippen molar-refractivity contribution >= 4 is 17.1 Å². The number of para-hydroxylation sites is 1. The second kappa shape index (κ2) is 5.31. The van der Waals surface area contributed by atoms with Crippen molar-refractivity contribution in [1.29, 1.82) is 0 Å². The lowest BCUT2D eigenvalue weighted by Crippen LogP contribution is -2.27. The highest BCUT2D eigenvalue weighted by Crippen LogP contribution is 2.32. The third-order valence-corrected chi connectivity index (χ3v) is 4.78. The summed E-state index contributed by atoms with van der Waals surface area (Å²) in [5.74, 6) is 1.57. The first-order chi connectivity index (χ1) is 9.66. The number of benzene rings is 1. The minimum atomic E-state index is 0.214. The molecule has 0 radical (unpaired) electrons. The van der Waals surface area contributed by atoms with Gasteiger partial charge in [0.2, 0.25) is 0 Å². The van der Waals surface area contributed by atoms with Gasteiger partial charge in [-0.05, 0) is 24.3 Å². The van der Waals surface area contributed by atoms with Gasteiger partial charge in [0.1, 0.15) is 0 Å². The Balaban J connectivity index is 1.89. The quantitative estimate of drug-likeness (QED) is 0.792. The molecule has 2 N–H and O–H groups in total. The summed E-state index contributed by atoms with van der Waals surface area (Å²) >= 11 is 0. The van der Waals surface area contributed by atoms with E-state index in [1.165, 1.54) is 12.8 Å². The number of aromatic amines is 1. The predicted octanol–water partition coefficient (Wildman–Crippen LogP) is 4.12. The number of fused-ring (bicyclic) bond motifs is 1. The molecule has 1 heterocycles. The highest BCUT2D eigenvalue weighted by Gasteiger charge is 2.26. The highest BCUT2D eigenvalue weighted by molar-refractivity contribution is 6.01. The molecule has 1 aliphatic rings. The van der Waals surface area contributed by atoms with Crippen molar-refractivity contribution in [3.63, 3.8) is 0 Å². The second-order valence-corrected chi connectivity index (χ2v) is 6.05. The summed E-state index contributed by atoms with van der Waals surface area (Å²) in [7, 11) is 0. The summed E-state index contributed by atoms with van der Waals surface area (Å²) in [4.78, 5) is 7.76. The molecule has 0 spiro atoms. The van der Waals surface area contributed by atoms with Gasteiger partial charge in [-0.25, -0.2) is 0 Å². The summed E-state index contributed by atoms with van der Waals surface area (Å²) in [6.07, 6.45) is 5.58. The summed E-state index contributed by atoms with van der Waals surface area (Å²) in [5.41, 5.74) is 1.77. The van der Waals surface area contributed by atoms with Crippen LogP contribution in [0, 0.1) is 11.8 Å². The van der Waals surface area contributed by atoms with E-state index >= 15 is 0 Å². The van der Waals surface area contributed by atoms with Crippen LogP contribution >= 0.6 is 0 Å². The zero-order valence-electron chi connectivity index (χ0n) is 12.1. The fourth-order valence-electron chi connectivity index (χ4n) is 3.21. The molecule has 106 valence electrons. The average molecular weight is 270 g/mol. The number of aliphatic imine (C=N–C) groups is 1. The predicted molar refractivity (Wildman–Crippen MR) is 83.5 cm³/mol. The monoisotopic (exact) mass is 270 g/mol. The number of aromatic nitrogens is 1. The lowest BCUT2D eigenvalue weighted by Gasteiger charge is -2.31. The van der Waals surface area contributed by atoms with Crippen LogP contribution in [0.25, 0.3) is 10.9 Å². The number of hydrogen-bond donors (Lipinski definition) is 2. The highest BCUT2D eigenvalue weighted by atomic mass is 16.3. The molecule has 20 heavy (non-hydrogen) atoms. The molecule has 1 aromatic heterocycles. The maximum Gasteiger partial charge on any atom is 0.198 e. The van der Waals surface area contributed by atoms with Crippen molar-refractivity contribution in [2.45, 2.75) is 39.2 Å². The van der Waals surface area contributed by atoms with Crippen LogP contribution in [0.5, 0.6) is 5.88 Å². The van der Waals surface area contributed by atoms with Gasteiger partial charge in [-0.3, -0.25) is 4.99 Å². The van der Waals surface area contributed by atoms with Gasteiger partial charge in [0.05, 0.1) is 11.6 Å². The van der Waals surface area contributed by atoms with E-state index in [9.17, 15) is 5.11 Å². The van der Waals surface area contributed by atoms with Crippen LogP contribution in [0.4, 0.5) is 0 Å². The molecule has 3 rings (SSSR count). The molecule has 1 aromatic carbocycles. The van der Waals surface area contributed by atoms with Crippen molar-refractivity contribution in [3.05, 3.63) is 29.8 Å². The second-order valence-electron chi connectivity index (χ2n) is 6.05. The smallest absolute Gasteiger partial charge is 0.198 e. The molecule has 2 aromatic rings. The topological polar surface area (TPSA) is 48.4 Å². The summed E-state index contributed by atoms with van der Waals surface area (Å²) in [6, 6.07) is 8.31. The van der Waals surface area contributed by atoms with E-state index in [-0.39, 0.29) is 5.88 Å². The normalized spacial score (nSPS) is 27.4. The molecule has 3 nitrogen and oxygen atoms in total. The van der Waals surface area contributed by atoms with Gasteiger partial charge in [-0.1, -0.05) is 44.9 Å². The van der Waals surface area contributed by atoms with Crippen LogP contribution in [0.2, 0.25) is 0 Å². The Kier molecular flexibility index (Phi) is 3.51. The van der Waals surface area contributed by atoms with Crippen molar-refractivity contribution in [1.82, 2.24) is 4.98 Å². The molecule has 0 amide bonds. The van der Waals surface area contributed by atoms with Crippen LogP contribution in [0.15, 0.2) is 29.3 Å². The van der Waals surface area contributed by atoms with Crippen molar-refractivity contribution in [2.75, 3.05) is 0 Å². The molecular weight excluding hydrogens is 248 g/mol. The first-order valence-electron chi connectivity index (χ1n) is 7.49. The molecule has 0 aliphatic heterocycles. The number of aromatic hydroxyl groups is 1. The van der Waals surface area contributed by atoms with E-state index in [4.69, 9.17) is 4.99 Å². The van der Waals surface area contributed by atoms with Gasteiger partial charge in [-0.2, -0.15) is 0 Å². The third-order valence-electron chi connectivity index (χ3n) is 4.78. The number of hydrogen-bond acceptors (Lipinski definition) is 2. The van der Waals surface area contributed by atoms with Crippen molar-refractivity contribution < 1.29 is 5.11 Å². The number of rotatable bonds is 2. The third kappa shape index (κ3) is 2.33. The van der Waals surface area contributed by atoms with Gasteiger partial charge in [0.25, 0.3) is 0 Å². The summed E-state index contributed by atoms with van der Waals surface area (Å²) < 4.78 is 0. The van der Waals surface area contributed by atoms with E-state index in [0.717, 1.165) is 28.8 Å². The van der Waals surface area contributed by atoms with Gasteiger partial charge >= 0.3 is 0 Å². The molecule has 0 unspecified atom stereocenters. The maximum atomic E-state index is 10.0. The minimum Gasteiger partial charge on any atom is -0.494 e. The molecule has 3 heteroatoms. The molecule has 1 aliphatic carbocycles. The van der Waals surface area contributed by atoms with Crippen molar-refractivity contribution in [3.8, 4) is 5.88 Å². The number of H-pyrrole nitrogens is 1. The lowest BCUT2D eigenvalue weighted by molar-refractivity contribution is 0.242. The molecule has 1 fully saturated rings. The van der Waals surface area contributed by atoms with E-state index in [1.807, 2.05) is 30.5 Å². The zero-order valence-corrected chi connectivity index (χ0v) is 12.1. The fourth-order valence-corrected chi connectivity index (χ4v) is 3.21. The van der Waals surface area contributed by atoms with Gasteiger partial charge in [0.15, 0.2) is 5.88 Å². The van der Waals surface area contributed by atoms with E-state index in [2.05, 4.69) is 18.8 Å². The summed E-state index contributed by atoms with van der Waals surface area (Å²) in [6.45, 7) is 4.61. The SMILES string of the molecule is C[C@H]1[C@H](C)CCC[C@H]1N=Cc1c(O)[nH]c2ccccc12. The fraction of sp³-hybridized carbons (Fsp3) is 0.471. The Morgan fingerprint density at radius 1 is 1.25 bits per heavy atom. The molecule has 0 bridgehead atoms. The van der Waals surface area contributed by atoms with Gasteiger partial charge in [-0.15, -0.1) is 0 Å². The van der Waals surface area contributed by atoms with Gasteiger partial charge in [0, 0.05) is 17.1 Å². The molecule has 3 atom stereocenters. The Labute approximate surface area is 119 Å². The van der Waals surface area contributed by atoms with E-state index < -0.39 is 0 Å². The summed E-state index contributed by atoms with van der Waals surface area (Å²) in [5, 5.41) is 11.1. The molecular formula is C17H22N2O. The van der Waals surface area contributed by atoms with Crippen LogP contribution in [-0.2, 0) is 0 Å². The minimum absolute atomic E-state index is 0.214. The number of nitrogens with one attached hydrogen (secondary N) is 1. The first kappa shape index (κ1) is 13.2. The Hall–Kier alpha value is -1.77. The average Bonchev–Trinajstić information content (AvgIpc) is 2.76. The van der Waals surface area contributed by atoms with E-state index in [0.29, 0.717) is 12.0 Å². The lowest BCUT2D eigenvalue weighted by atomic mass is 9.78. The van der Waals surface area contributed by atoms with Crippen LogP contribution < -0.4 is 0 Å². The van der Waals surface area contributed by atoms with Crippen molar-refractivity contribution in [2.24, 2.45) is 16.8 Å². The Morgan fingerprint density at radius 2 is 2.05 bits per heavy atom. The Morgan fingerprint density at radius 3 is 2.90 bits per heavy atom. The first-order valence-corrected chi connectivity index (χ1v) is 7.49.